The van der Waals surface area contributed by atoms with Gasteiger partial charge in [-0.1, -0.05) is 22.0 Å². The number of benzene rings is 1. The van der Waals surface area contributed by atoms with Gasteiger partial charge in [0.05, 0.1) is 5.71 Å². The first-order valence-corrected chi connectivity index (χ1v) is 5.33. The standard InChI is InChI=1S/C10H9BrClN/c1-6-7-3-5-10(13-12)8(7)2-4-9(6)11/h2,4H,3,5H2,1H3/b13-10+. The lowest BCUT2D eigenvalue weighted by molar-refractivity contribution is 1.07. The highest BCUT2D eigenvalue weighted by Crippen LogP contribution is 2.30. The molecule has 0 spiro atoms. The molecule has 68 valence electrons. The van der Waals surface area contributed by atoms with Crippen molar-refractivity contribution in [2.45, 2.75) is 19.8 Å². The molecule has 0 heterocycles. The van der Waals surface area contributed by atoms with E-state index in [4.69, 9.17) is 11.8 Å². The first-order valence-electron chi connectivity index (χ1n) is 4.20. The van der Waals surface area contributed by atoms with E-state index in [9.17, 15) is 0 Å². The van der Waals surface area contributed by atoms with Crippen LogP contribution in [-0.2, 0) is 6.42 Å². The van der Waals surface area contributed by atoms with E-state index in [2.05, 4.69) is 39.5 Å². The smallest absolute Gasteiger partial charge is 0.0629 e. The molecular weight excluding hydrogens is 249 g/mol. The third-order valence-corrected chi connectivity index (χ3v) is 3.62. The highest BCUT2D eigenvalue weighted by Gasteiger charge is 2.19. The normalized spacial score (nSPS) is 17.9. The summed E-state index contributed by atoms with van der Waals surface area (Å²) >= 11 is 9.02. The van der Waals surface area contributed by atoms with Gasteiger partial charge in [0.25, 0.3) is 0 Å². The van der Waals surface area contributed by atoms with Crippen molar-refractivity contribution in [3.8, 4) is 0 Å². The lowest BCUT2D eigenvalue weighted by atomic mass is 10.0. The number of hydrogen-bond donors (Lipinski definition) is 0. The summed E-state index contributed by atoms with van der Waals surface area (Å²) in [4.78, 5) is 0. The molecule has 0 atom stereocenters. The second-order valence-corrected chi connectivity index (χ2v) is 4.25. The molecule has 1 aromatic carbocycles. The van der Waals surface area contributed by atoms with Gasteiger partial charge < -0.3 is 0 Å². The van der Waals surface area contributed by atoms with Crippen LogP contribution < -0.4 is 0 Å². The van der Waals surface area contributed by atoms with E-state index in [-0.39, 0.29) is 0 Å². The van der Waals surface area contributed by atoms with Crippen molar-refractivity contribution in [3.05, 3.63) is 33.3 Å². The fraction of sp³-hybridized carbons (Fsp3) is 0.300. The molecule has 0 unspecified atom stereocenters. The van der Waals surface area contributed by atoms with E-state index in [1.165, 1.54) is 21.2 Å². The van der Waals surface area contributed by atoms with E-state index >= 15 is 0 Å². The summed E-state index contributed by atoms with van der Waals surface area (Å²) in [5.41, 5.74) is 4.93. The molecule has 0 radical (unpaired) electrons. The molecule has 1 aromatic rings. The predicted molar refractivity (Wildman–Crippen MR) is 59.6 cm³/mol. The molecule has 2 rings (SSSR count). The molecule has 3 heteroatoms. The summed E-state index contributed by atoms with van der Waals surface area (Å²) in [7, 11) is 0. The Morgan fingerprint density at radius 2 is 2.15 bits per heavy atom. The molecule has 0 amide bonds. The van der Waals surface area contributed by atoms with Gasteiger partial charge >= 0.3 is 0 Å². The average Bonchev–Trinajstić information content (AvgIpc) is 2.55. The van der Waals surface area contributed by atoms with E-state index in [1.807, 2.05) is 0 Å². The second kappa shape index (κ2) is 3.43. The Morgan fingerprint density at radius 3 is 2.85 bits per heavy atom. The Bertz CT molecular complexity index is 385. The van der Waals surface area contributed by atoms with Crippen LogP contribution in [0.5, 0.6) is 0 Å². The zero-order chi connectivity index (χ0) is 9.42. The molecule has 0 fully saturated rings. The lowest BCUT2D eigenvalue weighted by Crippen LogP contribution is -1.93. The van der Waals surface area contributed by atoms with E-state index < -0.39 is 0 Å². The third kappa shape index (κ3) is 1.42. The van der Waals surface area contributed by atoms with Crippen molar-refractivity contribution < 1.29 is 0 Å². The number of rotatable bonds is 0. The maximum atomic E-state index is 5.50. The summed E-state index contributed by atoms with van der Waals surface area (Å²) in [5, 5.41) is 0. The van der Waals surface area contributed by atoms with Crippen LogP contribution in [0.3, 0.4) is 0 Å². The van der Waals surface area contributed by atoms with Gasteiger partial charge in [0.2, 0.25) is 0 Å². The van der Waals surface area contributed by atoms with Crippen molar-refractivity contribution in [2.75, 3.05) is 0 Å². The lowest BCUT2D eigenvalue weighted by Gasteiger charge is -2.04. The Kier molecular flexibility index (Phi) is 2.43. The van der Waals surface area contributed by atoms with Gasteiger partial charge in [-0.25, -0.2) is 0 Å². The predicted octanol–water partition coefficient (Wildman–Crippen LogP) is 3.65. The molecule has 0 saturated carbocycles. The third-order valence-electron chi connectivity index (χ3n) is 2.56. The maximum Gasteiger partial charge on any atom is 0.0629 e. The number of halogens is 2. The fourth-order valence-corrected chi connectivity index (χ4v) is 2.33. The quantitative estimate of drug-likeness (QED) is 0.674. The van der Waals surface area contributed by atoms with E-state index in [0.717, 1.165) is 18.6 Å². The van der Waals surface area contributed by atoms with E-state index in [1.54, 1.807) is 0 Å². The van der Waals surface area contributed by atoms with Gasteiger partial charge in [-0.3, -0.25) is 0 Å². The van der Waals surface area contributed by atoms with Crippen molar-refractivity contribution >= 4 is 33.4 Å². The zero-order valence-electron chi connectivity index (χ0n) is 7.27. The average molecular weight is 259 g/mol. The minimum atomic E-state index is 0.968. The van der Waals surface area contributed by atoms with Gasteiger partial charge in [0, 0.05) is 21.8 Å². The van der Waals surface area contributed by atoms with Gasteiger partial charge in [-0.05, 0) is 37.0 Å². The summed E-state index contributed by atoms with van der Waals surface area (Å²) in [6, 6.07) is 4.14. The number of hydrogen-bond acceptors (Lipinski definition) is 1. The van der Waals surface area contributed by atoms with Crippen LogP contribution >= 0.6 is 27.7 Å². The first kappa shape index (κ1) is 9.22. The van der Waals surface area contributed by atoms with Gasteiger partial charge in [0.1, 0.15) is 0 Å². The minimum absolute atomic E-state index is 0.968. The van der Waals surface area contributed by atoms with Gasteiger partial charge in [-0.15, -0.1) is 0 Å². The molecule has 13 heavy (non-hydrogen) atoms. The molecule has 1 aliphatic rings. The minimum Gasteiger partial charge on any atom is -0.182 e. The SMILES string of the molecule is Cc1c(Br)ccc2c1CC/C2=N\Cl. The number of nitrogens with zero attached hydrogens (tertiary/aromatic N) is 1. The summed E-state index contributed by atoms with van der Waals surface area (Å²) < 4.78 is 4.94. The number of fused-ring (bicyclic) bond motifs is 1. The Labute approximate surface area is 91.1 Å². The van der Waals surface area contributed by atoms with Gasteiger partial charge in [0.15, 0.2) is 0 Å². The molecule has 0 bridgehead atoms. The van der Waals surface area contributed by atoms with Crippen molar-refractivity contribution in [1.82, 2.24) is 0 Å². The maximum absolute atomic E-state index is 5.50. The molecule has 0 saturated heterocycles. The van der Waals surface area contributed by atoms with E-state index in [0.29, 0.717) is 0 Å². The summed E-state index contributed by atoms with van der Waals surface area (Å²) in [5.74, 6) is 0. The van der Waals surface area contributed by atoms with Crippen LogP contribution in [0.15, 0.2) is 21.1 Å². The van der Waals surface area contributed by atoms with Crippen LogP contribution in [-0.4, -0.2) is 5.71 Å². The highest BCUT2D eigenvalue weighted by atomic mass is 79.9. The van der Waals surface area contributed by atoms with Crippen LogP contribution in [0.25, 0.3) is 0 Å². The Morgan fingerprint density at radius 1 is 1.38 bits per heavy atom. The highest BCUT2D eigenvalue weighted by molar-refractivity contribution is 9.10. The van der Waals surface area contributed by atoms with Gasteiger partial charge in [-0.2, -0.15) is 4.51 Å². The van der Waals surface area contributed by atoms with Crippen LogP contribution in [0.1, 0.15) is 23.1 Å². The first-order chi connectivity index (χ1) is 6.24. The Hall–Kier alpha value is -0.340. The molecule has 0 aliphatic heterocycles. The molecule has 0 aromatic heterocycles. The molecule has 1 aliphatic carbocycles. The zero-order valence-corrected chi connectivity index (χ0v) is 9.61. The van der Waals surface area contributed by atoms with Crippen molar-refractivity contribution in [3.63, 3.8) is 0 Å². The molecule has 0 N–H and O–H groups in total. The summed E-state index contributed by atoms with van der Waals surface area (Å²) in [6.45, 7) is 2.13. The van der Waals surface area contributed by atoms with Crippen LogP contribution in [0.2, 0.25) is 0 Å². The monoisotopic (exact) mass is 257 g/mol. The molecular formula is C10H9BrClN. The van der Waals surface area contributed by atoms with Crippen molar-refractivity contribution in [2.24, 2.45) is 4.51 Å². The second-order valence-electron chi connectivity index (χ2n) is 3.23. The summed E-state index contributed by atoms with van der Waals surface area (Å²) in [6.07, 6.45) is 2.03. The van der Waals surface area contributed by atoms with Crippen LogP contribution in [0.4, 0.5) is 0 Å². The van der Waals surface area contributed by atoms with Crippen LogP contribution in [0, 0.1) is 6.92 Å². The topological polar surface area (TPSA) is 12.4 Å². The largest absolute Gasteiger partial charge is 0.182 e. The molecule has 1 nitrogen and oxygen atoms in total. The fourth-order valence-electron chi connectivity index (χ4n) is 1.79. The Balaban J connectivity index is 2.64. The van der Waals surface area contributed by atoms with Crippen molar-refractivity contribution in [1.29, 1.82) is 0 Å².